The number of hydrogen-bond donors (Lipinski definition) is 2. The van der Waals surface area contributed by atoms with Crippen LogP contribution < -0.4 is 11.1 Å². The molecule has 0 atom stereocenters. The van der Waals surface area contributed by atoms with Crippen molar-refractivity contribution >= 4 is 17.4 Å². The molecule has 0 fully saturated rings. The molecule has 94 valence electrons. The minimum Gasteiger partial charge on any atom is -0.369 e. The molecule has 19 heavy (non-hydrogen) atoms. The van der Waals surface area contributed by atoms with Gasteiger partial charge in [-0.25, -0.2) is 4.98 Å². The van der Waals surface area contributed by atoms with Gasteiger partial charge in [-0.1, -0.05) is 18.2 Å². The van der Waals surface area contributed by atoms with Gasteiger partial charge in [0.25, 0.3) is 0 Å². The highest BCUT2D eigenvalue weighted by molar-refractivity contribution is 5.76. The van der Waals surface area contributed by atoms with Gasteiger partial charge in [0.05, 0.1) is 6.42 Å². The number of nitrogens with one attached hydrogen (secondary N) is 1. The third-order valence-electron chi connectivity index (χ3n) is 2.47. The van der Waals surface area contributed by atoms with Crippen molar-refractivity contribution in [2.75, 3.05) is 5.32 Å². The average molecular weight is 252 g/mol. The second kappa shape index (κ2) is 5.65. The summed E-state index contributed by atoms with van der Waals surface area (Å²) in [5, 5.41) is 11.8. The maximum Gasteiger partial charge on any atom is 0.221 e. The normalized spacial score (nSPS) is 9.63. The summed E-state index contributed by atoms with van der Waals surface area (Å²) in [4.78, 5) is 14.9. The predicted octanol–water partition coefficient (Wildman–Crippen LogP) is 1.72. The van der Waals surface area contributed by atoms with Gasteiger partial charge in [0.15, 0.2) is 0 Å². The molecule has 0 aliphatic heterocycles. The van der Waals surface area contributed by atoms with E-state index in [9.17, 15) is 4.79 Å². The molecule has 1 aromatic heterocycles. The number of hydrogen-bond acceptors (Lipinski definition) is 4. The van der Waals surface area contributed by atoms with Crippen LogP contribution in [0, 0.1) is 11.3 Å². The van der Waals surface area contributed by atoms with Crippen molar-refractivity contribution in [2.45, 2.75) is 6.42 Å². The molecular formula is C14H12N4O. The molecule has 0 radical (unpaired) electrons. The lowest BCUT2D eigenvalue weighted by Gasteiger charge is -2.06. The molecule has 1 heterocycles. The topological polar surface area (TPSA) is 91.8 Å². The van der Waals surface area contributed by atoms with Crippen LogP contribution in [0.5, 0.6) is 0 Å². The number of carbonyl (C=O) groups is 1. The van der Waals surface area contributed by atoms with E-state index >= 15 is 0 Å². The van der Waals surface area contributed by atoms with Gasteiger partial charge in [-0.3, -0.25) is 4.79 Å². The predicted molar refractivity (Wildman–Crippen MR) is 71.6 cm³/mol. The summed E-state index contributed by atoms with van der Waals surface area (Å²) in [5.74, 6) is 0.241. The Bertz CT molecular complexity index is 629. The molecule has 0 aliphatic rings. The van der Waals surface area contributed by atoms with Gasteiger partial charge >= 0.3 is 0 Å². The van der Waals surface area contributed by atoms with E-state index in [0.717, 1.165) is 11.3 Å². The first-order chi connectivity index (χ1) is 9.17. The summed E-state index contributed by atoms with van der Waals surface area (Å²) < 4.78 is 0. The van der Waals surface area contributed by atoms with E-state index in [1.54, 1.807) is 18.2 Å². The SMILES string of the molecule is N#Cc1cccc(Nc2ccc(CC(N)=O)cc2)n1. The van der Waals surface area contributed by atoms with Gasteiger partial charge in [0.1, 0.15) is 17.6 Å². The number of nitrogens with zero attached hydrogens (tertiary/aromatic N) is 2. The number of anilines is 2. The van der Waals surface area contributed by atoms with E-state index in [0.29, 0.717) is 11.5 Å². The maximum atomic E-state index is 10.8. The Hall–Kier alpha value is -2.87. The fourth-order valence-electron chi connectivity index (χ4n) is 1.62. The van der Waals surface area contributed by atoms with Crippen LogP contribution in [0.2, 0.25) is 0 Å². The lowest BCUT2D eigenvalue weighted by atomic mass is 10.1. The highest BCUT2D eigenvalue weighted by Gasteiger charge is 2.00. The molecule has 1 amide bonds. The Labute approximate surface area is 110 Å². The van der Waals surface area contributed by atoms with Crippen molar-refractivity contribution in [1.29, 1.82) is 5.26 Å². The Morgan fingerprint density at radius 1 is 1.26 bits per heavy atom. The summed E-state index contributed by atoms with van der Waals surface area (Å²) in [7, 11) is 0. The number of benzene rings is 1. The quantitative estimate of drug-likeness (QED) is 0.866. The van der Waals surface area contributed by atoms with Crippen molar-refractivity contribution in [2.24, 2.45) is 5.73 Å². The van der Waals surface area contributed by atoms with E-state index in [-0.39, 0.29) is 12.3 Å². The average Bonchev–Trinajstić information content (AvgIpc) is 2.41. The maximum absolute atomic E-state index is 10.8. The van der Waals surface area contributed by atoms with Crippen molar-refractivity contribution in [3.8, 4) is 6.07 Å². The number of pyridine rings is 1. The minimum atomic E-state index is -0.357. The smallest absolute Gasteiger partial charge is 0.221 e. The van der Waals surface area contributed by atoms with Crippen LogP contribution in [0.4, 0.5) is 11.5 Å². The second-order valence-electron chi connectivity index (χ2n) is 3.98. The van der Waals surface area contributed by atoms with Crippen LogP contribution in [0.25, 0.3) is 0 Å². The highest BCUT2D eigenvalue weighted by atomic mass is 16.1. The van der Waals surface area contributed by atoms with Gasteiger partial charge in [-0.15, -0.1) is 0 Å². The van der Waals surface area contributed by atoms with Gasteiger partial charge < -0.3 is 11.1 Å². The molecule has 0 aliphatic carbocycles. The van der Waals surface area contributed by atoms with E-state index < -0.39 is 0 Å². The van der Waals surface area contributed by atoms with Crippen LogP contribution in [0.1, 0.15) is 11.3 Å². The summed E-state index contributed by atoms with van der Waals surface area (Å²) in [6, 6.07) is 14.5. The third-order valence-corrected chi connectivity index (χ3v) is 2.47. The van der Waals surface area contributed by atoms with Crippen molar-refractivity contribution in [3.05, 3.63) is 53.7 Å². The van der Waals surface area contributed by atoms with Crippen LogP contribution in [0.15, 0.2) is 42.5 Å². The molecule has 3 N–H and O–H groups in total. The number of primary amides is 1. The number of nitrogens with two attached hydrogens (primary N) is 1. The Morgan fingerprint density at radius 2 is 2.00 bits per heavy atom. The van der Waals surface area contributed by atoms with E-state index in [1.165, 1.54) is 0 Å². The highest BCUT2D eigenvalue weighted by Crippen LogP contribution is 2.15. The zero-order chi connectivity index (χ0) is 13.7. The number of nitriles is 1. The standard InChI is InChI=1S/C14H12N4O/c15-9-12-2-1-3-14(18-12)17-11-6-4-10(5-7-11)8-13(16)19/h1-7H,8H2,(H2,16,19)(H,17,18). The molecular weight excluding hydrogens is 240 g/mol. The molecule has 0 saturated heterocycles. The monoisotopic (exact) mass is 252 g/mol. The van der Waals surface area contributed by atoms with E-state index in [1.807, 2.05) is 30.3 Å². The Kier molecular flexibility index (Phi) is 3.74. The zero-order valence-corrected chi connectivity index (χ0v) is 10.1. The fraction of sp³-hybridized carbons (Fsp3) is 0.0714. The molecule has 5 heteroatoms. The summed E-state index contributed by atoms with van der Waals surface area (Å²) >= 11 is 0. The molecule has 1 aromatic carbocycles. The van der Waals surface area contributed by atoms with Crippen molar-refractivity contribution < 1.29 is 4.79 Å². The molecule has 0 bridgehead atoms. The molecule has 0 unspecified atom stereocenters. The van der Waals surface area contributed by atoms with E-state index in [2.05, 4.69) is 10.3 Å². The first-order valence-electron chi connectivity index (χ1n) is 5.69. The number of amides is 1. The van der Waals surface area contributed by atoms with Crippen molar-refractivity contribution in [3.63, 3.8) is 0 Å². The lowest BCUT2D eigenvalue weighted by molar-refractivity contribution is -0.117. The summed E-state index contributed by atoms with van der Waals surface area (Å²) in [5.41, 5.74) is 7.17. The van der Waals surface area contributed by atoms with Gasteiger partial charge in [-0.2, -0.15) is 5.26 Å². The number of rotatable bonds is 4. The van der Waals surface area contributed by atoms with Crippen LogP contribution in [-0.2, 0) is 11.2 Å². The molecule has 5 nitrogen and oxygen atoms in total. The molecule has 2 aromatic rings. The number of carbonyl (C=O) groups excluding carboxylic acids is 1. The van der Waals surface area contributed by atoms with Crippen LogP contribution in [0.3, 0.4) is 0 Å². The van der Waals surface area contributed by atoms with Crippen LogP contribution in [-0.4, -0.2) is 10.9 Å². The Morgan fingerprint density at radius 3 is 2.63 bits per heavy atom. The Balaban J connectivity index is 2.11. The molecule has 0 spiro atoms. The summed E-state index contributed by atoms with van der Waals surface area (Å²) in [6.07, 6.45) is 0.225. The first-order valence-corrected chi connectivity index (χ1v) is 5.69. The van der Waals surface area contributed by atoms with Gasteiger partial charge in [-0.05, 0) is 29.8 Å². The van der Waals surface area contributed by atoms with E-state index in [4.69, 9.17) is 11.0 Å². The minimum absolute atomic E-state index is 0.225. The largest absolute Gasteiger partial charge is 0.369 e. The number of aromatic nitrogens is 1. The zero-order valence-electron chi connectivity index (χ0n) is 10.1. The first kappa shape index (κ1) is 12.6. The summed E-state index contributed by atoms with van der Waals surface area (Å²) in [6.45, 7) is 0. The van der Waals surface area contributed by atoms with Gasteiger partial charge in [0, 0.05) is 5.69 Å². The molecule has 2 rings (SSSR count). The van der Waals surface area contributed by atoms with Crippen molar-refractivity contribution in [1.82, 2.24) is 4.98 Å². The third kappa shape index (κ3) is 3.54. The molecule has 0 saturated carbocycles. The second-order valence-corrected chi connectivity index (χ2v) is 3.98. The van der Waals surface area contributed by atoms with Crippen LogP contribution >= 0.6 is 0 Å². The van der Waals surface area contributed by atoms with Gasteiger partial charge in [0.2, 0.25) is 5.91 Å². The fourth-order valence-corrected chi connectivity index (χ4v) is 1.62. The lowest BCUT2D eigenvalue weighted by Crippen LogP contribution is -2.13.